The van der Waals surface area contributed by atoms with Crippen molar-refractivity contribution in [3.8, 4) is 0 Å². The Bertz CT molecular complexity index is 945. The number of hydrogen-bond acceptors (Lipinski definition) is 4. The predicted octanol–water partition coefficient (Wildman–Crippen LogP) is 3.84. The first-order valence-electron chi connectivity index (χ1n) is 11.1. The molecule has 1 aliphatic rings. The molecular weight excluding hydrogens is 418 g/mol. The molecule has 166 valence electrons. The molecule has 0 aliphatic carbocycles. The van der Waals surface area contributed by atoms with Gasteiger partial charge in [-0.2, -0.15) is 0 Å². The fourth-order valence-electron chi connectivity index (χ4n) is 4.15. The third-order valence-electron chi connectivity index (χ3n) is 5.97. The van der Waals surface area contributed by atoms with Crippen LogP contribution in [-0.4, -0.2) is 60.9 Å². The summed E-state index contributed by atoms with van der Waals surface area (Å²) in [5.74, 6) is 0.255. The first kappa shape index (κ1) is 22.2. The largest absolute Gasteiger partial charge is 0.350 e. The maximum Gasteiger partial charge on any atom is 0.261 e. The molecule has 6 heteroatoms. The van der Waals surface area contributed by atoms with Gasteiger partial charge in [0.05, 0.1) is 4.88 Å². The molecule has 4 rings (SSSR count). The third kappa shape index (κ3) is 5.84. The Labute approximate surface area is 193 Å². The molecule has 0 atom stereocenters. The number of carbonyl (C=O) groups excluding carboxylic acids is 2. The lowest BCUT2D eigenvalue weighted by atomic mass is 9.88. The van der Waals surface area contributed by atoms with Gasteiger partial charge in [-0.1, -0.05) is 66.7 Å². The number of amides is 2. The third-order valence-corrected chi connectivity index (χ3v) is 6.83. The molecule has 0 radical (unpaired) electrons. The second kappa shape index (κ2) is 11.1. The Hall–Kier alpha value is -2.96. The first-order valence-corrected chi connectivity index (χ1v) is 12.0. The molecule has 1 fully saturated rings. The Kier molecular flexibility index (Phi) is 7.69. The van der Waals surface area contributed by atoms with Crippen molar-refractivity contribution in [2.24, 2.45) is 0 Å². The van der Waals surface area contributed by atoms with Gasteiger partial charge in [0, 0.05) is 51.6 Å². The van der Waals surface area contributed by atoms with E-state index in [1.807, 2.05) is 58.8 Å². The highest BCUT2D eigenvalue weighted by Crippen LogP contribution is 2.28. The van der Waals surface area contributed by atoms with Crippen molar-refractivity contribution in [1.82, 2.24) is 15.1 Å². The summed E-state index contributed by atoms with van der Waals surface area (Å²) in [6.45, 7) is 4.55. The first-order chi connectivity index (χ1) is 15.7. The van der Waals surface area contributed by atoms with E-state index in [9.17, 15) is 9.59 Å². The van der Waals surface area contributed by atoms with Gasteiger partial charge < -0.3 is 10.2 Å². The van der Waals surface area contributed by atoms with Crippen molar-refractivity contribution in [2.75, 3.05) is 39.3 Å². The number of benzene rings is 2. The molecule has 2 heterocycles. The molecule has 0 bridgehead atoms. The summed E-state index contributed by atoms with van der Waals surface area (Å²) in [4.78, 5) is 30.2. The predicted molar refractivity (Wildman–Crippen MR) is 129 cm³/mol. The van der Waals surface area contributed by atoms with Crippen molar-refractivity contribution in [1.29, 1.82) is 0 Å². The maximum absolute atomic E-state index is 13.1. The highest BCUT2D eigenvalue weighted by molar-refractivity contribution is 7.12. The molecule has 1 N–H and O–H groups in total. The van der Waals surface area contributed by atoms with Crippen molar-refractivity contribution >= 4 is 23.2 Å². The number of rotatable bonds is 8. The number of hydrogen-bond donors (Lipinski definition) is 1. The summed E-state index contributed by atoms with van der Waals surface area (Å²) >= 11 is 1.45. The lowest BCUT2D eigenvalue weighted by Gasteiger charge is -2.35. The highest BCUT2D eigenvalue weighted by Gasteiger charge is 2.25. The molecule has 1 aliphatic heterocycles. The van der Waals surface area contributed by atoms with E-state index in [0.29, 0.717) is 13.0 Å². The molecule has 0 unspecified atom stereocenters. The topological polar surface area (TPSA) is 52.7 Å². The summed E-state index contributed by atoms with van der Waals surface area (Å²) in [7, 11) is 0. The van der Waals surface area contributed by atoms with Gasteiger partial charge in [0.1, 0.15) is 0 Å². The van der Waals surface area contributed by atoms with Gasteiger partial charge in [-0.05, 0) is 22.6 Å². The normalized spacial score (nSPS) is 14.5. The molecule has 3 aromatic rings. The number of piperazine rings is 1. The van der Waals surface area contributed by atoms with Crippen LogP contribution in [0, 0.1) is 0 Å². The Morgan fingerprint density at radius 3 is 2.03 bits per heavy atom. The van der Waals surface area contributed by atoms with Crippen LogP contribution in [0.5, 0.6) is 0 Å². The molecule has 2 aromatic carbocycles. The van der Waals surface area contributed by atoms with Crippen LogP contribution >= 0.6 is 11.3 Å². The van der Waals surface area contributed by atoms with Crippen LogP contribution in [0.1, 0.15) is 33.1 Å². The average Bonchev–Trinajstić information content (AvgIpc) is 3.39. The summed E-state index contributed by atoms with van der Waals surface area (Å²) < 4.78 is 0. The zero-order valence-corrected chi connectivity index (χ0v) is 19.0. The van der Waals surface area contributed by atoms with Crippen molar-refractivity contribution in [3.63, 3.8) is 0 Å². The van der Waals surface area contributed by atoms with Gasteiger partial charge >= 0.3 is 0 Å². The van der Waals surface area contributed by atoms with Crippen LogP contribution in [0.4, 0.5) is 0 Å². The van der Waals surface area contributed by atoms with Crippen molar-refractivity contribution < 1.29 is 9.59 Å². The summed E-state index contributed by atoms with van der Waals surface area (Å²) in [5.41, 5.74) is 2.35. The van der Waals surface area contributed by atoms with Gasteiger partial charge in [0.15, 0.2) is 0 Å². The Morgan fingerprint density at radius 2 is 1.47 bits per heavy atom. The lowest BCUT2D eigenvalue weighted by molar-refractivity contribution is -0.133. The minimum absolute atomic E-state index is 0.0123. The Balaban J connectivity index is 1.27. The van der Waals surface area contributed by atoms with E-state index in [2.05, 4.69) is 34.5 Å². The zero-order valence-electron chi connectivity index (χ0n) is 18.2. The number of nitrogens with zero attached hydrogens (tertiary/aromatic N) is 2. The quantitative estimate of drug-likeness (QED) is 0.571. The fourth-order valence-corrected chi connectivity index (χ4v) is 4.79. The molecule has 2 amide bonds. The second-order valence-electron chi connectivity index (χ2n) is 8.03. The van der Waals surface area contributed by atoms with Gasteiger partial charge in [-0.3, -0.25) is 14.5 Å². The van der Waals surface area contributed by atoms with Crippen LogP contribution in [0.2, 0.25) is 0 Å². The van der Waals surface area contributed by atoms with Crippen LogP contribution in [0.15, 0.2) is 78.2 Å². The molecule has 0 saturated carbocycles. The average molecular weight is 448 g/mol. The maximum atomic E-state index is 13.1. The molecule has 32 heavy (non-hydrogen) atoms. The van der Waals surface area contributed by atoms with E-state index in [1.165, 1.54) is 22.5 Å². The van der Waals surface area contributed by atoms with Crippen LogP contribution < -0.4 is 5.32 Å². The van der Waals surface area contributed by atoms with Crippen molar-refractivity contribution in [3.05, 3.63) is 94.2 Å². The number of carbonyl (C=O) groups is 2. The van der Waals surface area contributed by atoms with Crippen LogP contribution in [0.3, 0.4) is 0 Å². The highest BCUT2D eigenvalue weighted by atomic mass is 32.1. The van der Waals surface area contributed by atoms with Crippen LogP contribution in [-0.2, 0) is 4.79 Å². The molecule has 1 saturated heterocycles. The van der Waals surface area contributed by atoms with E-state index in [-0.39, 0.29) is 17.7 Å². The van der Waals surface area contributed by atoms with E-state index in [0.717, 1.165) is 37.6 Å². The van der Waals surface area contributed by atoms with E-state index >= 15 is 0 Å². The molecular formula is C26H29N3O2S. The standard InChI is InChI=1S/C26H29N3O2S/c30-25(20-23(21-8-3-1-4-9-21)22-10-5-2-6-11-22)29-17-15-28(16-18-29)14-13-27-26(31)24-12-7-19-32-24/h1-12,19,23H,13-18,20H2,(H,27,31). The van der Waals surface area contributed by atoms with E-state index in [1.54, 1.807) is 0 Å². The van der Waals surface area contributed by atoms with E-state index < -0.39 is 0 Å². The van der Waals surface area contributed by atoms with Gasteiger partial charge in [-0.15, -0.1) is 11.3 Å². The molecule has 0 spiro atoms. The summed E-state index contributed by atoms with van der Waals surface area (Å²) in [6.07, 6.45) is 0.477. The smallest absolute Gasteiger partial charge is 0.261 e. The second-order valence-corrected chi connectivity index (χ2v) is 8.98. The number of nitrogens with one attached hydrogen (secondary N) is 1. The monoisotopic (exact) mass is 447 g/mol. The minimum Gasteiger partial charge on any atom is -0.350 e. The van der Waals surface area contributed by atoms with Gasteiger partial charge in [0.2, 0.25) is 5.91 Å². The SMILES string of the molecule is O=C(NCCN1CCN(C(=O)CC(c2ccccc2)c2ccccc2)CC1)c1cccs1. The molecule has 1 aromatic heterocycles. The van der Waals surface area contributed by atoms with E-state index in [4.69, 9.17) is 0 Å². The fraction of sp³-hybridized carbons (Fsp3) is 0.308. The summed E-state index contributed by atoms with van der Waals surface area (Å²) in [6, 6.07) is 24.3. The number of thiophene rings is 1. The van der Waals surface area contributed by atoms with Gasteiger partial charge in [-0.25, -0.2) is 0 Å². The molecule has 5 nitrogen and oxygen atoms in total. The minimum atomic E-state index is -0.0123. The Morgan fingerprint density at radius 1 is 0.844 bits per heavy atom. The summed E-state index contributed by atoms with van der Waals surface area (Å²) in [5, 5.41) is 4.89. The van der Waals surface area contributed by atoms with Crippen LogP contribution in [0.25, 0.3) is 0 Å². The zero-order chi connectivity index (χ0) is 22.2. The van der Waals surface area contributed by atoms with Crippen molar-refractivity contribution in [2.45, 2.75) is 12.3 Å². The van der Waals surface area contributed by atoms with Gasteiger partial charge in [0.25, 0.3) is 5.91 Å². The lowest BCUT2D eigenvalue weighted by Crippen LogP contribution is -2.50.